The summed E-state index contributed by atoms with van der Waals surface area (Å²) in [5, 5.41) is 12.3. The van der Waals surface area contributed by atoms with Gasteiger partial charge >= 0.3 is 0 Å². The highest BCUT2D eigenvalue weighted by Gasteiger charge is 1.99. The Hall–Kier alpha value is -2.18. The minimum Gasteiger partial charge on any atom is -0.309 e. The van der Waals surface area contributed by atoms with Crippen molar-refractivity contribution < 1.29 is 0 Å². The van der Waals surface area contributed by atoms with Crippen LogP contribution in [0.15, 0.2) is 48.8 Å². The molecule has 3 heteroatoms. The highest BCUT2D eigenvalue weighted by Crippen LogP contribution is 2.07. The maximum atomic E-state index is 8.95. The number of rotatable bonds is 4. The second-order valence-electron chi connectivity index (χ2n) is 3.73. The van der Waals surface area contributed by atoms with E-state index < -0.39 is 0 Å². The van der Waals surface area contributed by atoms with Crippen LogP contribution in [0.4, 0.5) is 0 Å². The number of nitrogens with one attached hydrogen (secondary N) is 1. The topological polar surface area (TPSA) is 48.7 Å². The van der Waals surface area contributed by atoms with Gasteiger partial charge in [-0.05, 0) is 29.3 Å². The summed E-state index contributed by atoms with van der Waals surface area (Å²) in [6, 6.07) is 13.8. The first-order valence-corrected chi connectivity index (χ1v) is 5.48. The maximum absolute atomic E-state index is 8.95. The van der Waals surface area contributed by atoms with Crippen LogP contribution >= 0.6 is 0 Å². The van der Waals surface area contributed by atoms with E-state index in [0.29, 0.717) is 6.54 Å². The molecule has 0 bridgehead atoms. The molecule has 1 aromatic heterocycles. The third-order valence-electron chi connectivity index (χ3n) is 2.53. The predicted octanol–water partition coefficient (Wildman–Crippen LogP) is 2.24. The minimum absolute atomic E-state index is 0.700. The van der Waals surface area contributed by atoms with E-state index in [1.54, 1.807) is 12.4 Å². The van der Waals surface area contributed by atoms with Gasteiger partial charge in [0, 0.05) is 25.5 Å². The molecule has 0 aliphatic heterocycles. The summed E-state index contributed by atoms with van der Waals surface area (Å²) >= 11 is 0. The Kier molecular flexibility index (Phi) is 3.85. The van der Waals surface area contributed by atoms with Gasteiger partial charge in [-0.1, -0.05) is 18.2 Å². The van der Waals surface area contributed by atoms with E-state index in [1.165, 1.54) is 5.56 Å². The Bertz CT molecular complexity index is 514. The number of hydrogen-bond acceptors (Lipinski definition) is 3. The lowest BCUT2D eigenvalue weighted by Gasteiger charge is -2.06. The van der Waals surface area contributed by atoms with Crippen molar-refractivity contribution >= 4 is 0 Å². The van der Waals surface area contributed by atoms with Crippen molar-refractivity contribution in [1.29, 1.82) is 5.26 Å². The Morgan fingerprint density at radius 3 is 2.59 bits per heavy atom. The Balaban J connectivity index is 1.93. The lowest BCUT2D eigenvalue weighted by molar-refractivity contribution is 0.691. The Morgan fingerprint density at radius 2 is 1.82 bits per heavy atom. The zero-order valence-electron chi connectivity index (χ0n) is 9.43. The Labute approximate surface area is 101 Å². The van der Waals surface area contributed by atoms with Crippen LogP contribution in [0.1, 0.15) is 16.7 Å². The SMILES string of the molecule is N#Cc1ccccc1CNCc1ccncc1. The van der Waals surface area contributed by atoms with Gasteiger partial charge in [0.05, 0.1) is 11.6 Å². The van der Waals surface area contributed by atoms with Crippen molar-refractivity contribution in [2.75, 3.05) is 0 Å². The smallest absolute Gasteiger partial charge is 0.0995 e. The van der Waals surface area contributed by atoms with Crippen LogP contribution in [0.3, 0.4) is 0 Å². The van der Waals surface area contributed by atoms with Crippen LogP contribution < -0.4 is 5.32 Å². The first kappa shape index (κ1) is 11.3. The number of benzene rings is 1. The first-order chi connectivity index (χ1) is 8.40. The molecule has 2 rings (SSSR count). The van der Waals surface area contributed by atoms with Crippen LogP contribution in [0.5, 0.6) is 0 Å². The summed E-state index contributed by atoms with van der Waals surface area (Å²) in [4.78, 5) is 3.97. The van der Waals surface area contributed by atoms with Gasteiger partial charge in [-0.25, -0.2) is 0 Å². The lowest BCUT2D eigenvalue weighted by atomic mass is 10.1. The molecule has 3 nitrogen and oxygen atoms in total. The van der Waals surface area contributed by atoms with E-state index in [1.807, 2.05) is 36.4 Å². The largest absolute Gasteiger partial charge is 0.309 e. The highest BCUT2D eigenvalue weighted by atomic mass is 14.8. The summed E-state index contributed by atoms with van der Waals surface area (Å²) in [5.74, 6) is 0. The molecule has 0 aliphatic carbocycles. The van der Waals surface area contributed by atoms with E-state index in [0.717, 1.165) is 17.7 Å². The van der Waals surface area contributed by atoms with Crippen LogP contribution in [0.2, 0.25) is 0 Å². The van der Waals surface area contributed by atoms with Crippen molar-refractivity contribution in [3.8, 4) is 6.07 Å². The summed E-state index contributed by atoms with van der Waals surface area (Å²) in [5.41, 5.74) is 2.95. The van der Waals surface area contributed by atoms with E-state index >= 15 is 0 Å². The number of pyridine rings is 1. The molecule has 0 fully saturated rings. The predicted molar refractivity (Wildman–Crippen MR) is 65.9 cm³/mol. The van der Waals surface area contributed by atoms with Crippen LogP contribution in [0.25, 0.3) is 0 Å². The summed E-state index contributed by atoms with van der Waals surface area (Å²) in [6.45, 7) is 1.48. The maximum Gasteiger partial charge on any atom is 0.0995 e. The first-order valence-electron chi connectivity index (χ1n) is 5.48. The van der Waals surface area contributed by atoms with E-state index in [9.17, 15) is 0 Å². The van der Waals surface area contributed by atoms with Crippen molar-refractivity contribution in [3.63, 3.8) is 0 Å². The molecule has 0 amide bonds. The molecule has 0 spiro atoms. The monoisotopic (exact) mass is 223 g/mol. The van der Waals surface area contributed by atoms with Gasteiger partial charge in [0.2, 0.25) is 0 Å². The van der Waals surface area contributed by atoms with E-state index in [2.05, 4.69) is 16.4 Å². The molecule has 1 N–H and O–H groups in total. The number of aromatic nitrogens is 1. The average molecular weight is 223 g/mol. The molecule has 0 saturated heterocycles. The molecular weight excluding hydrogens is 210 g/mol. The molecule has 17 heavy (non-hydrogen) atoms. The van der Waals surface area contributed by atoms with Gasteiger partial charge in [0.15, 0.2) is 0 Å². The zero-order chi connectivity index (χ0) is 11.9. The molecule has 1 aromatic carbocycles. The molecule has 0 radical (unpaired) electrons. The number of nitrogens with zero attached hydrogens (tertiary/aromatic N) is 2. The summed E-state index contributed by atoms with van der Waals surface area (Å²) in [7, 11) is 0. The van der Waals surface area contributed by atoms with Crippen molar-refractivity contribution in [2.24, 2.45) is 0 Å². The van der Waals surface area contributed by atoms with Gasteiger partial charge in [0.25, 0.3) is 0 Å². The minimum atomic E-state index is 0.700. The van der Waals surface area contributed by atoms with Crippen molar-refractivity contribution in [2.45, 2.75) is 13.1 Å². The molecule has 0 aliphatic rings. The quantitative estimate of drug-likeness (QED) is 0.864. The average Bonchev–Trinajstić information content (AvgIpc) is 2.40. The van der Waals surface area contributed by atoms with Crippen molar-refractivity contribution in [1.82, 2.24) is 10.3 Å². The van der Waals surface area contributed by atoms with Gasteiger partial charge in [0.1, 0.15) is 0 Å². The molecule has 84 valence electrons. The normalized spacial score (nSPS) is 9.82. The number of hydrogen-bond donors (Lipinski definition) is 1. The fourth-order valence-corrected chi connectivity index (χ4v) is 1.63. The summed E-state index contributed by atoms with van der Waals surface area (Å²) < 4.78 is 0. The Morgan fingerprint density at radius 1 is 1.06 bits per heavy atom. The molecule has 0 unspecified atom stereocenters. The lowest BCUT2D eigenvalue weighted by Crippen LogP contribution is -2.13. The summed E-state index contributed by atoms with van der Waals surface area (Å²) in [6.07, 6.45) is 3.56. The van der Waals surface area contributed by atoms with Crippen LogP contribution in [0, 0.1) is 11.3 Å². The molecular formula is C14H13N3. The highest BCUT2D eigenvalue weighted by molar-refractivity contribution is 5.37. The molecule has 1 heterocycles. The van der Waals surface area contributed by atoms with Crippen LogP contribution in [-0.4, -0.2) is 4.98 Å². The second kappa shape index (κ2) is 5.78. The van der Waals surface area contributed by atoms with Crippen LogP contribution in [-0.2, 0) is 13.1 Å². The molecule has 2 aromatic rings. The third kappa shape index (κ3) is 3.13. The fraction of sp³-hybridized carbons (Fsp3) is 0.143. The van der Waals surface area contributed by atoms with Gasteiger partial charge in [-0.2, -0.15) is 5.26 Å². The molecule has 0 saturated carbocycles. The van der Waals surface area contributed by atoms with Gasteiger partial charge in [-0.3, -0.25) is 4.98 Å². The number of nitriles is 1. The third-order valence-corrected chi connectivity index (χ3v) is 2.53. The van der Waals surface area contributed by atoms with Gasteiger partial charge in [-0.15, -0.1) is 0 Å². The zero-order valence-corrected chi connectivity index (χ0v) is 9.43. The van der Waals surface area contributed by atoms with Gasteiger partial charge < -0.3 is 5.32 Å². The fourth-order valence-electron chi connectivity index (χ4n) is 1.63. The second-order valence-corrected chi connectivity index (χ2v) is 3.73. The molecule has 0 atom stereocenters. The van der Waals surface area contributed by atoms with Crippen molar-refractivity contribution in [3.05, 3.63) is 65.5 Å². The van der Waals surface area contributed by atoms with E-state index in [-0.39, 0.29) is 0 Å². The van der Waals surface area contributed by atoms with E-state index in [4.69, 9.17) is 5.26 Å². The standard InChI is InChI=1S/C14H13N3/c15-9-13-3-1-2-4-14(13)11-17-10-12-5-7-16-8-6-12/h1-8,17H,10-11H2.